The van der Waals surface area contributed by atoms with E-state index in [0.29, 0.717) is 11.6 Å². The molecule has 1 heterocycles. The summed E-state index contributed by atoms with van der Waals surface area (Å²) in [6, 6.07) is 22.4. The molecule has 0 spiro atoms. The second kappa shape index (κ2) is 10.4. The van der Waals surface area contributed by atoms with Gasteiger partial charge in [-0.05, 0) is 75.6 Å². The molecule has 0 amide bonds. The van der Waals surface area contributed by atoms with Gasteiger partial charge < -0.3 is 19.5 Å². The first-order valence-corrected chi connectivity index (χ1v) is 12.2. The minimum absolute atomic E-state index is 0.0294. The molecule has 0 saturated carbocycles. The molecule has 1 N–H and O–H groups in total. The smallest absolute Gasteiger partial charge is 0.132 e. The molecular formula is C29H34ClNO3. The number of fused-ring (bicyclic) bond motifs is 1. The summed E-state index contributed by atoms with van der Waals surface area (Å²) in [6.45, 7) is 11.5. The van der Waals surface area contributed by atoms with Crippen molar-refractivity contribution in [2.75, 3.05) is 5.32 Å². The van der Waals surface area contributed by atoms with Crippen molar-refractivity contribution in [3.05, 3.63) is 94.0 Å². The van der Waals surface area contributed by atoms with Crippen LogP contribution in [0, 0.1) is 6.92 Å². The van der Waals surface area contributed by atoms with Gasteiger partial charge in [-0.1, -0.05) is 54.1 Å². The number of hydrogen-bond donors (Lipinski definition) is 1. The van der Waals surface area contributed by atoms with Crippen molar-refractivity contribution in [1.29, 1.82) is 0 Å². The summed E-state index contributed by atoms with van der Waals surface area (Å²) in [4.78, 5) is 0. The van der Waals surface area contributed by atoms with E-state index in [-0.39, 0.29) is 18.3 Å². The van der Waals surface area contributed by atoms with Crippen LogP contribution in [0.1, 0.15) is 56.1 Å². The molecule has 0 aromatic heterocycles. The van der Waals surface area contributed by atoms with Crippen LogP contribution in [0.5, 0.6) is 5.75 Å². The molecule has 4 rings (SSSR count). The van der Waals surface area contributed by atoms with Crippen LogP contribution in [-0.2, 0) is 22.6 Å². The highest BCUT2D eigenvalue weighted by Crippen LogP contribution is 2.45. The van der Waals surface area contributed by atoms with E-state index in [0.717, 1.165) is 29.1 Å². The Labute approximate surface area is 208 Å². The van der Waals surface area contributed by atoms with Gasteiger partial charge in [0.2, 0.25) is 0 Å². The molecule has 0 saturated heterocycles. The molecule has 1 aliphatic heterocycles. The first-order chi connectivity index (χ1) is 16.2. The second-order valence-electron chi connectivity index (χ2n) is 9.67. The van der Waals surface area contributed by atoms with Gasteiger partial charge in [0.15, 0.2) is 0 Å². The number of halogens is 1. The van der Waals surface area contributed by atoms with Crippen molar-refractivity contribution in [2.24, 2.45) is 0 Å². The summed E-state index contributed by atoms with van der Waals surface area (Å²) in [6.07, 6.45) is -0.562. The average Bonchev–Trinajstić information content (AvgIpc) is 2.78. The number of rotatable bonds is 8. The quantitative estimate of drug-likeness (QED) is 0.363. The molecule has 0 bridgehead atoms. The van der Waals surface area contributed by atoms with Crippen molar-refractivity contribution < 1.29 is 14.2 Å². The lowest BCUT2D eigenvalue weighted by Gasteiger charge is -2.45. The first kappa shape index (κ1) is 24.6. The van der Waals surface area contributed by atoms with Crippen LogP contribution < -0.4 is 10.1 Å². The predicted octanol–water partition coefficient (Wildman–Crippen LogP) is 7.48. The third-order valence-electron chi connectivity index (χ3n) is 6.19. The number of ether oxygens (including phenoxy) is 3. The van der Waals surface area contributed by atoms with Gasteiger partial charge in [0.05, 0.1) is 12.7 Å². The molecule has 3 aromatic rings. The number of hydrogen-bond acceptors (Lipinski definition) is 4. The van der Waals surface area contributed by atoms with Crippen LogP contribution >= 0.6 is 11.6 Å². The van der Waals surface area contributed by atoms with Gasteiger partial charge in [0.25, 0.3) is 0 Å². The van der Waals surface area contributed by atoms with Gasteiger partial charge in [-0.2, -0.15) is 0 Å². The Kier molecular flexibility index (Phi) is 7.51. The van der Waals surface area contributed by atoms with Crippen molar-refractivity contribution in [3.8, 4) is 5.75 Å². The summed E-state index contributed by atoms with van der Waals surface area (Å²) in [5.74, 6) is 0.828. The maximum absolute atomic E-state index is 6.47. The van der Waals surface area contributed by atoms with Crippen LogP contribution in [0.3, 0.4) is 0 Å². The van der Waals surface area contributed by atoms with Crippen LogP contribution in [0.4, 0.5) is 5.69 Å². The minimum atomic E-state index is -0.579. The average molecular weight is 480 g/mol. The fourth-order valence-corrected chi connectivity index (χ4v) is 4.56. The third-order valence-corrected chi connectivity index (χ3v) is 6.56. The number of nitrogens with one attached hydrogen (secondary N) is 1. The summed E-state index contributed by atoms with van der Waals surface area (Å²) in [7, 11) is 0. The van der Waals surface area contributed by atoms with Crippen molar-refractivity contribution in [1.82, 2.24) is 0 Å². The van der Waals surface area contributed by atoms with Crippen LogP contribution in [-0.4, -0.2) is 17.8 Å². The fraction of sp³-hybridized carbons (Fsp3) is 0.379. The standard InChI is InChI=1S/C29H34ClNO3/c1-19(2)33-27-24-16-23(31-17-21-11-7-6-10-20(21)3)14-15-26(24)34-29(4,5)28(27)32-18-22-12-8-9-13-25(22)30/h6-16,19,27-28,31H,17-18H2,1-5H3. The van der Waals surface area contributed by atoms with E-state index in [1.165, 1.54) is 11.1 Å². The Bertz CT molecular complexity index is 1130. The zero-order valence-electron chi connectivity index (χ0n) is 20.6. The van der Waals surface area contributed by atoms with Gasteiger partial charge in [0.1, 0.15) is 23.6 Å². The lowest BCUT2D eigenvalue weighted by molar-refractivity contribution is -0.177. The van der Waals surface area contributed by atoms with Crippen LogP contribution in [0.25, 0.3) is 0 Å². The lowest BCUT2D eigenvalue weighted by Crippen LogP contribution is -2.51. The molecule has 5 heteroatoms. The predicted molar refractivity (Wildman–Crippen MR) is 139 cm³/mol. The van der Waals surface area contributed by atoms with E-state index in [2.05, 4.69) is 48.6 Å². The van der Waals surface area contributed by atoms with Crippen molar-refractivity contribution in [2.45, 2.75) is 71.7 Å². The monoisotopic (exact) mass is 479 g/mol. The Morgan fingerprint density at radius 2 is 1.71 bits per heavy atom. The first-order valence-electron chi connectivity index (χ1n) is 11.9. The second-order valence-corrected chi connectivity index (χ2v) is 10.1. The Morgan fingerprint density at radius 1 is 1.00 bits per heavy atom. The summed E-state index contributed by atoms with van der Waals surface area (Å²) >= 11 is 6.38. The molecule has 4 nitrogen and oxygen atoms in total. The highest BCUT2D eigenvalue weighted by atomic mass is 35.5. The zero-order valence-corrected chi connectivity index (χ0v) is 21.4. The van der Waals surface area contributed by atoms with Gasteiger partial charge in [-0.25, -0.2) is 0 Å². The van der Waals surface area contributed by atoms with Crippen molar-refractivity contribution in [3.63, 3.8) is 0 Å². The molecule has 3 aromatic carbocycles. The van der Waals surface area contributed by atoms with E-state index in [9.17, 15) is 0 Å². The van der Waals surface area contributed by atoms with E-state index in [1.807, 2.05) is 58.0 Å². The fourth-order valence-electron chi connectivity index (χ4n) is 4.37. The molecule has 2 unspecified atom stereocenters. The maximum Gasteiger partial charge on any atom is 0.132 e. The molecule has 0 aliphatic carbocycles. The summed E-state index contributed by atoms with van der Waals surface area (Å²) in [5, 5.41) is 4.25. The Balaban J connectivity index is 1.60. The largest absolute Gasteiger partial charge is 0.485 e. The van der Waals surface area contributed by atoms with E-state index >= 15 is 0 Å². The van der Waals surface area contributed by atoms with E-state index < -0.39 is 5.60 Å². The molecule has 0 fully saturated rings. The van der Waals surface area contributed by atoms with Crippen LogP contribution in [0.15, 0.2) is 66.7 Å². The van der Waals surface area contributed by atoms with Gasteiger partial charge in [-0.3, -0.25) is 0 Å². The summed E-state index contributed by atoms with van der Waals surface area (Å²) < 4.78 is 19.4. The van der Waals surface area contributed by atoms with Gasteiger partial charge in [0, 0.05) is 22.8 Å². The SMILES string of the molecule is Cc1ccccc1CNc1ccc2c(c1)C(OC(C)C)C(OCc1ccccc1Cl)C(C)(C)O2. The highest BCUT2D eigenvalue weighted by molar-refractivity contribution is 6.31. The van der Waals surface area contributed by atoms with Gasteiger partial charge >= 0.3 is 0 Å². The van der Waals surface area contributed by atoms with Gasteiger partial charge in [-0.15, -0.1) is 0 Å². The molecule has 34 heavy (non-hydrogen) atoms. The number of benzene rings is 3. The molecule has 2 atom stereocenters. The minimum Gasteiger partial charge on any atom is -0.485 e. The summed E-state index contributed by atoms with van der Waals surface area (Å²) in [5.41, 5.74) is 4.92. The zero-order chi connectivity index (χ0) is 24.3. The van der Waals surface area contributed by atoms with Crippen molar-refractivity contribution >= 4 is 17.3 Å². The highest BCUT2D eigenvalue weighted by Gasteiger charge is 2.46. The topological polar surface area (TPSA) is 39.7 Å². The Hall–Kier alpha value is -2.53. The molecule has 0 radical (unpaired) electrons. The number of aryl methyl sites for hydroxylation is 1. The third kappa shape index (κ3) is 5.57. The van der Waals surface area contributed by atoms with E-state index in [4.69, 9.17) is 25.8 Å². The van der Waals surface area contributed by atoms with E-state index in [1.54, 1.807) is 0 Å². The number of anilines is 1. The van der Waals surface area contributed by atoms with Crippen LogP contribution in [0.2, 0.25) is 5.02 Å². The molecule has 180 valence electrons. The normalized spacial score (nSPS) is 18.9. The lowest BCUT2D eigenvalue weighted by atomic mass is 9.87. The molecular weight excluding hydrogens is 446 g/mol. The maximum atomic E-state index is 6.47. The Morgan fingerprint density at radius 3 is 2.41 bits per heavy atom. The molecule has 1 aliphatic rings.